The van der Waals surface area contributed by atoms with E-state index in [9.17, 15) is 18.0 Å². The van der Waals surface area contributed by atoms with E-state index in [1.165, 1.54) is 6.07 Å². The largest absolute Gasteiger partial charge is 0.418 e. The van der Waals surface area contributed by atoms with Crippen molar-refractivity contribution >= 4 is 23.3 Å². The van der Waals surface area contributed by atoms with Gasteiger partial charge in [0, 0.05) is 11.6 Å². The molecule has 1 saturated heterocycles. The number of amides is 2. The zero-order valence-corrected chi connectivity index (χ0v) is 11.0. The highest BCUT2D eigenvalue weighted by molar-refractivity contribution is 6.30. The first-order chi connectivity index (χ1) is 9.36. The van der Waals surface area contributed by atoms with E-state index in [4.69, 9.17) is 16.3 Å². The van der Waals surface area contributed by atoms with E-state index >= 15 is 0 Å². The Morgan fingerprint density at radius 2 is 2.15 bits per heavy atom. The maximum absolute atomic E-state index is 12.8. The average molecular weight is 309 g/mol. The van der Waals surface area contributed by atoms with Crippen molar-refractivity contribution in [1.82, 2.24) is 5.32 Å². The minimum atomic E-state index is -4.60. The lowest BCUT2D eigenvalue weighted by molar-refractivity contribution is -0.136. The Balaban J connectivity index is 2.10. The Hall–Kier alpha value is -1.47. The molecular formula is C12H12ClF3N2O2. The standard InChI is InChI=1S/C12H12ClF3N2O2/c13-7-3-4-9(8(6-7)12(14,15)16)17-11(19)18-10-2-1-5-20-10/h3-4,6,10H,1-2,5H2,(H2,17,18,19). The normalized spacial score (nSPS) is 18.9. The van der Waals surface area contributed by atoms with Gasteiger partial charge in [-0.25, -0.2) is 4.79 Å². The minimum Gasteiger partial charge on any atom is -0.358 e. The zero-order valence-electron chi connectivity index (χ0n) is 10.3. The van der Waals surface area contributed by atoms with Crippen LogP contribution in [0.4, 0.5) is 23.7 Å². The van der Waals surface area contributed by atoms with Crippen molar-refractivity contribution in [1.29, 1.82) is 0 Å². The van der Waals surface area contributed by atoms with E-state index in [1.807, 2.05) is 0 Å². The highest BCUT2D eigenvalue weighted by Gasteiger charge is 2.34. The molecule has 1 aliphatic heterocycles. The Morgan fingerprint density at radius 1 is 1.40 bits per heavy atom. The van der Waals surface area contributed by atoms with Gasteiger partial charge in [0.2, 0.25) is 0 Å². The van der Waals surface area contributed by atoms with Crippen molar-refractivity contribution in [2.45, 2.75) is 25.2 Å². The van der Waals surface area contributed by atoms with Crippen LogP contribution in [0, 0.1) is 0 Å². The van der Waals surface area contributed by atoms with Crippen LogP contribution in [0.1, 0.15) is 18.4 Å². The number of hydrogen-bond acceptors (Lipinski definition) is 2. The molecule has 0 spiro atoms. The van der Waals surface area contributed by atoms with Gasteiger partial charge in [-0.05, 0) is 31.0 Å². The number of carbonyl (C=O) groups excluding carboxylic acids is 1. The Bertz CT molecular complexity index is 502. The van der Waals surface area contributed by atoms with Crippen molar-refractivity contribution in [3.05, 3.63) is 28.8 Å². The number of rotatable bonds is 2. The molecule has 8 heteroatoms. The second-order valence-electron chi connectivity index (χ2n) is 4.29. The maximum atomic E-state index is 12.8. The summed E-state index contributed by atoms with van der Waals surface area (Å²) in [6.07, 6.45) is -3.62. The van der Waals surface area contributed by atoms with Crippen LogP contribution in [0.25, 0.3) is 0 Å². The van der Waals surface area contributed by atoms with Crippen LogP contribution >= 0.6 is 11.6 Å². The SMILES string of the molecule is O=C(Nc1ccc(Cl)cc1C(F)(F)F)NC1CCCO1. The van der Waals surface area contributed by atoms with E-state index in [0.717, 1.165) is 18.6 Å². The lowest BCUT2D eigenvalue weighted by atomic mass is 10.1. The van der Waals surface area contributed by atoms with Crippen LogP contribution in [0.3, 0.4) is 0 Å². The first-order valence-corrected chi connectivity index (χ1v) is 6.30. The summed E-state index contributed by atoms with van der Waals surface area (Å²) < 4.78 is 43.6. The number of carbonyl (C=O) groups is 1. The monoisotopic (exact) mass is 308 g/mol. The van der Waals surface area contributed by atoms with Gasteiger partial charge in [0.25, 0.3) is 0 Å². The van der Waals surface area contributed by atoms with Gasteiger partial charge >= 0.3 is 12.2 Å². The molecule has 1 aromatic carbocycles. The van der Waals surface area contributed by atoms with Crippen molar-refractivity contribution in [3.63, 3.8) is 0 Å². The molecule has 0 saturated carbocycles. The highest BCUT2D eigenvalue weighted by atomic mass is 35.5. The van der Waals surface area contributed by atoms with Crippen LogP contribution in [-0.4, -0.2) is 18.9 Å². The van der Waals surface area contributed by atoms with Crippen molar-refractivity contribution in [3.8, 4) is 0 Å². The fraction of sp³-hybridized carbons (Fsp3) is 0.417. The summed E-state index contributed by atoms with van der Waals surface area (Å²) in [6, 6.07) is 2.41. The molecular weight excluding hydrogens is 297 g/mol. The fourth-order valence-electron chi connectivity index (χ4n) is 1.86. The first-order valence-electron chi connectivity index (χ1n) is 5.92. The molecule has 2 N–H and O–H groups in total. The van der Waals surface area contributed by atoms with Crippen molar-refractivity contribution < 1.29 is 22.7 Å². The molecule has 110 valence electrons. The second-order valence-corrected chi connectivity index (χ2v) is 4.72. The number of halogens is 4. The zero-order chi connectivity index (χ0) is 14.8. The molecule has 2 amide bonds. The molecule has 0 bridgehead atoms. The molecule has 1 unspecified atom stereocenters. The molecule has 1 fully saturated rings. The van der Waals surface area contributed by atoms with E-state index in [2.05, 4.69) is 10.6 Å². The van der Waals surface area contributed by atoms with Crippen molar-refractivity contribution in [2.75, 3.05) is 11.9 Å². The summed E-state index contributed by atoms with van der Waals surface area (Å²) in [7, 11) is 0. The number of anilines is 1. The number of urea groups is 1. The van der Waals surface area contributed by atoms with Gasteiger partial charge in [0.05, 0.1) is 11.3 Å². The summed E-state index contributed by atoms with van der Waals surface area (Å²) in [6.45, 7) is 0.527. The number of alkyl halides is 3. The lowest BCUT2D eigenvalue weighted by Gasteiger charge is -2.16. The predicted molar refractivity (Wildman–Crippen MR) is 67.6 cm³/mol. The summed E-state index contributed by atoms with van der Waals surface area (Å²) in [5.74, 6) is 0. The van der Waals surface area contributed by atoms with E-state index in [-0.39, 0.29) is 10.7 Å². The second kappa shape index (κ2) is 5.88. The quantitative estimate of drug-likeness (QED) is 0.877. The van der Waals surface area contributed by atoms with E-state index < -0.39 is 24.0 Å². The Kier molecular flexibility index (Phi) is 4.39. The fourth-order valence-corrected chi connectivity index (χ4v) is 2.03. The molecule has 0 aromatic heterocycles. The molecule has 4 nitrogen and oxygen atoms in total. The van der Waals surface area contributed by atoms with E-state index in [1.54, 1.807) is 0 Å². The Labute approximate surface area is 118 Å². The van der Waals surface area contributed by atoms with Crippen LogP contribution in [-0.2, 0) is 10.9 Å². The third kappa shape index (κ3) is 3.77. The van der Waals surface area contributed by atoms with Gasteiger partial charge in [-0.2, -0.15) is 13.2 Å². The topological polar surface area (TPSA) is 50.4 Å². The average Bonchev–Trinajstić information content (AvgIpc) is 2.82. The molecule has 1 heterocycles. The molecule has 1 aromatic rings. The summed E-state index contributed by atoms with van der Waals surface area (Å²) in [4.78, 5) is 11.6. The first kappa shape index (κ1) is 14.9. The van der Waals surface area contributed by atoms with Crippen LogP contribution in [0.5, 0.6) is 0 Å². The third-order valence-corrected chi connectivity index (χ3v) is 2.99. The Morgan fingerprint density at radius 3 is 2.75 bits per heavy atom. The van der Waals surface area contributed by atoms with Gasteiger partial charge < -0.3 is 15.4 Å². The summed E-state index contributed by atoms with van der Waals surface area (Å²) in [5, 5.41) is 4.56. The van der Waals surface area contributed by atoms with Gasteiger partial charge in [0.1, 0.15) is 6.23 Å². The van der Waals surface area contributed by atoms with Crippen LogP contribution in [0.15, 0.2) is 18.2 Å². The number of hydrogen-bond donors (Lipinski definition) is 2. The predicted octanol–water partition coefficient (Wildman–Crippen LogP) is 3.62. The van der Waals surface area contributed by atoms with E-state index in [0.29, 0.717) is 13.0 Å². The molecule has 20 heavy (non-hydrogen) atoms. The highest BCUT2D eigenvalue weighted by Crippen LogP contribution is 2.36. The summed E-state index contributed by atoms with van der Waals surface area (Å²) >= 11 is 5.55. The van der Waals surface area contributed by atoms with Gasteiger partial charge in [0.15, 0.2) is 0 Å². The molecule has 2 rings (SSSR count). The lowest BCUT2D eigenvalue weighted by Crippen LogP contribution is -2.37. The minimum absolute atomic E-state index is 0.0533. The maximum Gasteiger partial charge on any atom is 0.418 e. The molecule has 1 aliphatic rings. The summed E-state index contributed by atoms with van der Waals surface area (Å²) in [5.41, 5.74) is -1.34. The molecule has 0 aliphatic carbocycles. The number of ether oxygens (including phenoxy) is 1. The van der Waals surface area contributed by atoms with Gasteiger partial charge in [-0.15, -0.1) is 0 Å². The van der Waals surface area contributed by atoms with Crippen molar-refractivity contribution in [2.24, 2.45) is 0 Å². The number of benzene rings is 1. The molecule has 0 radical (unpaired) electrons. The smallest absolute Gasteiger partial charge is 0.358 e. The number of nitrogens with one attached hydrogen (secondary N) is 2. The van der Waals surface area contributed by atoms with Gasteiger partial charge in [-0.1, -0.05) is 11.6 Å². The van der Waals surface area contributed by atoms with Gasteiger partial charge in [-0.3, -0.25) is 0 Å². The van der Waals surface area contributed by atoms with Crippen LogP contribution < -0.4 is 10.6 Å². The van der Waals surface area contributed by atoms with Crippen LogP contribution in [0.2, 0.25) is 5.02 Å². The molecule has 1 atom stereocenters. The third-order valence-electron chi connectivity index (χ3n) is 2.76.